The second-order valence-corrected chi connectivity index (χ2v) is 9.62. The van der Waals surface area contributed by atoms with Gasteiger partial charge in [0, 0.05) is 11.5 Å². The molecule has 2 aromatic carbocycles. The fraction of sp³-hybridized carbons (Fsp3) is 0.409. The van der Waals surface area contributed by atoms with E-state index in [0.717, 1.165) is 36.5 Å². The number of amides is 1. The highest BCUT2D eigenvalue weighted by atomic mass is 32.2. The first-order chi connectivity index (χ1) is 14.1. The van der Waals surface area contributed by atoms with Crippen LogP contribution in [0.2, 0.25) is 0 Å². The van der Waals surface area contributed by atoms with Crippen LogP contribution in [0.5, 0.6) is 5.75 Å². The third-order valence-corrected chi connectivity index (χ3v) is 6.07. The lowest BCUT2D eigenvalue weighted by Crippen LogP contribution is -2.36. The van der Waals surface area contributed by atoms with Crippen molar-refractivity contribution >= 4 is 21.6 Å². The minimum atomic E-state index is -3.51. The summed E-state index contributed by atoms with van der Waals surface area (Å²) >= 11 is 0. The molecule has 1 amide bonds. The molecule has 1 aliphatic rings. The zero-order valence-electron chi connectivity index (χ0n) is 17.6. The number of sulfonamides is 1. The molecule has 0 bridgehead atoms. The number of benzene rings is 2. The average molecular weight is 435 g/mol. The summed E-state index contributed by atoms with van der Waals surface area (Å²) in [6.07, 6.45) is 3.16. The number of rotatable bonds is 6. The van der Waals surface area contributed by atoms with E-state index < -0.39 is 21.9 Å². The van der Waals surface area contributed by atoms with Crippen LogP contribution in [0, 0.1) is 18.7 Å². The minimum absolute atomic E-state index is 0.112. The summed E-state index contributed by atoms with van der Waals surface area (Å²) in [5.41, 5.74) is 3.42. The predicted octanol–water partition coefficient (Wildman–Crippen LogP) is 3.50. The van der Waals surface area contributed by atoms with Crippen LogP contribution in [-0.4, -0.2) is 27.7 Å². The quantitative estimate of drug-likeness (QED) is 0.729. The summed E-state index contributed by atoms with van der Waals surface area (Å²) in [5, 5.41) is 2.91. The Hall–Kier alpha value is -2.61. The fourth-order valence-corrected chi connectivity index (χ4v) is 4.46. The number of hydrogen-bond acceptors (Lipinski definition) is 4. The molecule has 2 N–H and O–H groups in total. The molecule has 162 valence electrons. The van der Waals surface area contributed by atoms with Crippen molar-refractivity contribution in [2.24, 2.45) is 5.92 Å². The lowest BCUT2D eigenvalue weighted by Gasteiger charge is -2.26. The van der Waals surface area contributed by atoms with Gasteiger partial charge in [0.1, 0.15) is 11.6 Å². The monoisotopic (exact) mass is 434 g/mol. The lowest BCUT2D eigenvalue weighted by molar-refractivity contribution is -0.126. The van der Waals surface area contributed by atoms with E-state index in [9.17, 15) is 17.6 Å². The molecule has 0 fully saturated rings. The number of hydrogen-bond donors (Lipinski definition) is 2. The molecular formula is C22H27FN2O4S. The van der Waals surface area contributed by atoms with Crippen LogP contribution in [0.3, 0.4) is 0 Å². The van der Waals surface area contributed by atoms with E-state index in [2.05, 4.69) is 10.0 Å². The van der Waals surface area contributed by atoms with Crippen LogP contribution in [0.4, 0.5) is 10.1 Å². The Morgan fingerprint density at radius 1 is 1.23 bits per heavy atom. The van der Waals surface area contributed by atoms with E-state index in [1.165, 1.54) is 5.56 Å². The Bertz CT molecular complexity index is 1070. The highest BCUT2D eigenvalue weighted by Gasteiger charge is 2.27. The minimum Gasteiger partial charge on any atom is -0.497 e. The first kappa shape index (κ1) is 22.1. The maximum absolute atomic E-state index is 14.6. The van der Waals surface area contributed by atoms with Crippen LogP contribution in [0.15, 0.2) is 30.3 Å². The average Bonchev–Trinajstić information content (AvgIpc) is 2.68. The van der Waals surface area contributed by atoms with E-state index in [1.54, 1.807) is 27.0 Å². The van der Waals surface area contributed by atoms with Gasteiger partial charge in [-0.05, 0) is 74.1 Å². The van der Waals surface area contributed by atoms with Gasteiger partial charge in [-0.15, -0.1) is 0 Å². The molecule has 3 rings (SSSR count). The van der Waals surface area contributed by atoms with Crippen molar-refractivity contribution in [3.63, 3.8) is 0 Å². The maximum atomic E-state index is 14.6. The Balaban J connectivity index is 1.70. The van der Waals surface area contributed by atoms with Gasteiger partial charge < -0.3 is 10.1 Å². The summed E-state index contributed by atoms with van der Waals surface area (Å²) in [7, 11) is -1.87. The van der Waals surface area contributed by atoms with E-state index in [0.29, 0.717) is 17.5 Å². The number of ether oxygens (including phenoxy) is 1. The van der Waals surface area contributed by atoms with Gasteiger partial charge >= 0.3 is 0 Å². The maximum Gasteiger partial charge on any atom is 0.229 e. The molecule has 6 nitrogen and oxygen atoms in total. The molecule has 0 heterocycles. The first-order valence-electron chi connectivity index (χ1n) is 9.81. The van der Waals surface area contributed by atoms with Gasteiger partial charge in [-0.3, -0.25) is 9.52 Å². The number of anilines is 1. The number of fused-ring (bicyclic) bond motifs is 1. The Kier molecular flexibility index (Phi) is 6.36. The van der Waals surface area contributed by atoms with Gasteiger partial charge in [0.2, 0.25) is 15.9 Å². The Morgan fingerprint density at radius 3 is 2.63 bits per heavy atom. The number of carbonyl (C=O) groups excluding carboxylic acids is 1. The molecule has 2 unspecified atom stereocenters. The van der Waals surface area contributed by atoms with Crippen molar-refractivity contribution in [2.75, 3.05) is 18.1 Å². The number of carbonyl (C=O) groups is 1. The molecule has 30 heavy (non-hydrogen) atoms. The lowest BCUT2D eigenvalue weighted by atomic mass is 9.83. The zero-order valence-corrected chi connectivity index (χ0v) is 18.4. The third-order valence-electron chi connectivity index (χ3n) is 5.48. The summed E-state index contributed by atoms with van der Waals surface area (Å²) in [4.78, 5) is 12.8. The zero-order chi connectivity index (χ0) is 22.1. The smallest absolute Gasteiger partial charge is 0.229 e. The first-order valence-corrected chi connectivity index (χ1v) is 11.7. The van der Waals surface area contributed by atoms with Crippen molar-refractivity contribution in [1.82, 2.24) is 5.32 Å². The van der Waals surface area contributed by atoms with Crippen molar-refractivity contribution in [3.8, 4) is 5.75 Å². The SMILES string of the molecule is COc1ccc2c(c1)CCC(C(=O)NC(C)c1cc(C)c(NS(C)(=O)=O)cc1F)C2. The van der Waals surface area contributed by atoms with Crippen molar-refractivity contribution in [3.05, 3.63) is 58.4 Å². The van der Waals surface area contributed by atoms with Crippen molar-refractivity contribution < 1.29 is 22.3 Å². The molecule has 1 aliphatic carbocycles. The number of halogens is 1. The van der Waals surface area contributed by atoms with Gasteiger partial charge in [-0.1, -0.05) is 6.07 Å². The Labute approximate surface area is 176 Å². The second kappa shape index (κ2) is 8.63. The molecule has 2 aromatic rings. The van der Waals surface area contributed by atoms with Crippen LogP contribution < -0.4 is 14.8 Å². The van der Waals surface area contributed by atoms with Crippen LogP contribution >= 0.6 is 0 Å². The summed E-state index contributed by atoms with van der Waals surface area (Å²) in [6.45, 7) is 3.42. The van der Waals surface area contributed by atoms with E-state index >= 15 is 0 Å². The number of nitrogens with one attached hydrogen (secondary N) is 2. The molecule has 8 heteroatoms. The molecule has 0 aliphatic heterocycles. The van der Waals surface area contributed by atoms with Crippen molar-refractivity contribution in [1.29, 1.82) is 0 Å². The molecule has 0 radical (unpaired) electrons. The topological polar surface area (TPSA) is 84.5 Å². The Morgan fingerprint density at radius 2 is 1.97 bits per heavy atom. The number of aryl methyl sites for hydroxylation is 2. The molecule has 0 aromatic heterocycles. The standard InChI is InChI=1S/C22H27FN2O4S/c1-13-9-19(20(23)12-21(13)25-30(4,27)28)14(2)24-22(26)17-6-5-16-11-18(29-3)8-7-15(16)10-17/h7-9,11-12,14,17,25H,5-6,10H2,1-4H3,(H,24,26). The van der Waals surface area contributed by atoms with E-state index in [4.69, 9.17) is 4.74 Å². The fourth-order valence-electron chi connectivity index (χ4n) is 3.84. The van der Waals surface area contributed by atoms with Crippen LogP contribution in [0.25, 0.3) is 0 Å². The molecule has 0 spiro atoms. The predicted molar refractivity (Wildman–Crippen MR) is 115 cm³/mol. The summed E-state index contributed by atoms with van der Waals surface area (Å²) < 4.78 is 45.0. The van der Waals surface area contributed by atoms with Gasteiger partial charge in [-0.2, -0.15) is 0 Å². The van der Waals surface area contributed by atoms with Crippen LogP contribution in [0.1, 0.15) is 41.6 Å². The molecule has 0 saturated carbocycles. The molecule has 0 saturated heterocycles. The highest BCUT2D eigenvalue weighted by molar-refractivity contribution is 7.92. The van der Waals surface area contributed by atoms with Crippen LogP contribution in [-0.2, 0) is 27.7 Å². The molecular weight excluding hydrogens is 407 g/mol. The largest absolute Gasteiger partial charge is 0.497 e. The van der Waals surface area contributed by atoms with Crippen molar-refractivity contribution in [2.45, 2.75) is 39.2 Å². The van der Waals surface area contributed by atoms with Gasteiger partial charge in [0.05, 0.1) is 25.1 Å². The number of methoxy groups -OCH3 is 1. The van der Waals surface area contributed by atoms with Gasteiger partial charge in [-0.25, -0.2) is 12.8 Å². The normalized spacial score (nSPS) is 17.0. The van der Waals surface area contributed by atoms with E-state index in [-0.39, 0.29) is 17.5 Å². The summed E-state index contributed by atoms with van der Waals surface area (Å²) in [6, 6.07) is 8.07. The van der Waals surface area contributed by atoms with Gasteiger partial charge in [0.25, 0.3) is 0 Å². The van der Waals surface area contributed by atoms with E-state index in [1.807, 2.05) is 18.2 Å². The van der Waals surface area contributed by atoms with Gasteiger partial charge in [0.15, 0.2) is 0 Å². The highest BCUT2D eigenvalue weighted by Crippen LogP contribution is 2.30. The third kappa shape index (κ3) is 5.11. The second-order valence-electron chi connectivity index (χ2n) is 7.87. The molecule has 2 atom stereocenters. The summed E-state index contributed by atoms with van der Waals surface area (Å²) in [5.74, 6) is -0.0476.